The third-order valence-corrected chi connectivity index (χ3v) is 1.99. The van der Waals surface area contributed by atoms with Crippen LogP contribution in [-0.4, -0.2) is 36.2 Å². The molecule has 0 saturated heterocycles. The van der Waals surface area contributed by atoms with E-state index >= 15 is 0 Å². The zero-order valence-electron chi connectivity index (χ0n) is 9.34. The van der Waals surface area contributed by atoms with E-state index in [1.54, 1.807) is 6.92 Å². The lowest BCUT2D eigenvalue weighted by Gasteiger charge is -2.11. The molecule has 0 aliphatic heterocycles. The molecule has 0 spiro atoms. The Morgan fingerprint density at radius 1 is 1.43 bits per heavy atom. The lowest BCUT2D eigenvalue weighted by molar-refractivity contribution is -0.121. The Morgan fingerprint density at radius 2 is 2.07 bits per heavy atom. The zero-order chi connectivity index (χ0) is 11.0. The molecule has 1 unspecified atom stereocenters. The summed E-state index contributed by atoms with van der Waals surface area (Å²) in [5.41, 5.74) is 0. The Balaban J connectivity index is 3.36. The minimum absolute atomic E-state index is 0.0671. The fraction of sp³-hybridized carbons (Fsp3) is 0.900. The van der Waals surface area contributed by atoms with E-state index < -0.39 is 0 Å². The lowest BCUT2D eigenvalue weighted by Crippen LogP contribution is -2.35. The molecule has 0 rings (SSSR count). The minimum atomic E-state index is -0.354. The topological polar surface area (TPSA) is 61.4 Å². The van der Waals surface area contributed by atoms with Crippen molar-refractivity contribution in [1.29, 1.82) is 0 Å². The van der Waals surface area contributed by atoms with Crippen molar-refractivity contribution >= 4 is 5.91 Å². The molecule has 4 nitrogen and oxygen atoms in total. The van der Waals surface area contributed by atoms with Crippen molar-refractivity contribution in [2.75, 3.05) is 13.1 Å². The molecule has 0 radical (unpaired) electrons. The Morgan fingerprint density at radius 3 is 2.57 bits per heavy atom. The van der Waals surface area contributed by atoms with E-state index in [0.717, 1.165) is 6.42 Å². The molecule has 0 aromatic rings. The number of nitrogens with one attached hydrogen (secondary N) is 2. The summed E-state index contributed by atoms with van der Waals surface area (Å²) in [5.74, 6) is 0.0671. The van der Waals surface area contributed by atoms with Gasteiger partial charge in [-0.25, -0.2) is 0 Å². The Hall–Kier alpha value is -0.610. The van der Waals surface area contributed by atoms with Crippen LogP contribution in [0.25, 0.3) is 0 Å². The first-order chi connectivity index (χ1) is 6.56. The fourth-order valence-corrected chi connectivity index (χ4v) is 0.962. The molecule has 3 N–H and O–H groups in total. The van der Waals surface area contributed by atoms with Crippen molar-refractivity contribution in [2.45, 2.75) is 45.8 Å². The van der Waals surface area contributed by atoms with E-state index in [0.29, 0.717) is 19.5 Å². The molecule has 0 heterocycles. The predicted octanol–water partition coefficient (Wildman–Crippen LogP) is 0.262. The first-order valence-electron chi connectivity index (χ1n) is 5.24. The number of rotatable bonds is 7. The van der Waals surface area contributed by atoms with E-state index in [2.05, 4.69) is 10.6 Å². The zero-order valence-corrected chi connectivity index (χ0v) is 9.34. The summed E-state index contributed by atoms with van der Waals surface area (Å²) in [6.07, 6.45) is 1.07. The van der Waals surface area contributed by atoms with Crippen LogP contribution >= 0.6 is 0 Å². The average molecular weight is 202 g/mol. The van der Waals surface area contributed by atoms with Crippen LogP contribution in [0, 0.1) is 0 Å². The predicted molar refractivity (Wildman–Crippen MR) is 57.1 cm³/mol. The second-order valence-corrected chi connectivity index (χ2v) is 3.68. The third-order valence-electron chi connectivity index (χ3n) is 1.99. The van der Waals surface area contributed by atoms with Gasteiger partial charge in [0, 0.05) is 25.6 Å². The summed E-state index contributed by atoms with van der Waals surface area (Å²) >= 11 is 0. The van der Waals surface area contributed by atoms with Gasteiger partial charge in [-0.2, -0.15) is 0 Å². The molecule has 0 saturated carbocycles. The molecule has 14 heavy (non-hydrogen) atoms. The van der Waals surface area contributed by atoms with Crippen LogP contribution in [0.4, 0.5) is 0 Å². The maximum Gasteiger partial charge on any atom is 0.221 e. The molecule has 0 bridgehead atoms. The smallest absolute Gasteiger partial charge is 0.221 e. The molecule has 0 fully saturated rings. The first kappa shape index (κ1) is 13.4. The van der Waals surface area contributed by atoms with E-state index in [4.69, 9.17) is 5.11 Å². The van der Waals surface area contributed by atoms with Crippen LogP contribution in [0.1, 0.15) is 33.6 Å². The largest absolute Gasteiger partial charge is 0.392 e. The number of amides is 1. The average Bonchev–Trinajstić information content (AvgIpc) is 2.12. The molecule has 84 valence electrons. The van der Waals surface area contributed by atoms with Crippen molar-refractivity contribution < 1.29 is 9.90 Å². The monoisotopic (exact) mass is 202 g/mol. The van der Waals surface area contributed by atoms with E-state index in [1.165, 1.54) is 0 Å². The highest BCUT2D eigenvalue weighted by Gasteiger charge is 2.04. The van der Waals surface area contributed by atoms with Crippen LogP contribution in [0.15, 0.2) is 0 Å². The number of carbonyl (C=O) groups excluding carboxylic acids is 1. The van der Waals surface area contributed by atoms with Gasteiger partial charge in [0.25, 0.3) is 0 Å². The minimum Gasteiger partial charge on any atom is -0.392 e. The van der Waals surface area contributed by atoms with Crippen LogP contribution in [0.2, 0.25) is 0 Å². The van der Waals surface area contributed by atoms with Crippen LogP contribution in [0.3, 0.4) is 0 Å². The molecule has 0 aliphatic carbocycles. The quantitative estimate of drug-likeness (QED) is 0.519. The van der Waals surface area contributed by atoms with Gasteiger partial charge in [0.05, 0.1) is 6.10 Å². The highest BCUT2D eigenvalue weighted by atomic mass is 16.3. The summed E-state index contributed by atoms with van der Waals surface area (Å²) in [6, 6.07) is 0.249. The standard InChI is InChI=1S/C10H22N2O2/c1-4-8(2)12-10(14)5-6-11-7-9(3)13/h8-9,11,13H,4-7H2,1-3H3,(H,12,14)/t8?,9-/m1/s1. The second-order valence-electron chi connectivity index (χ2n) is 3.68. The van der Waals surface area contributed by atoms with Gasteiger partial charge in [0.1, 0.15) is 0 Å². The Kier molecular flexibility index (Phi) is 7.42. The van der Waals surface area contributed by atoms with E-state index in [1.807, 2.05) is 13.8 Å². The van der Waals surface area contributed by atoms with Gasteiger partial charge in [0.2, 0.25) is 5.91 Å². The molecule has 0 aliphatic rings. The SMILES string of the molecule is CCC(C)NC(=O)CCNC[C@@H](C)O. The van der Waals surface area contributed by atoms with Gasteiger partial charge >= 0.3 is 0 Å². The van der Waals surface area contributed by atoms with Gasteiger partial charge in [-0.05, 0) is 20.3 Å². The number of carbonyl (C=O) groups is 1. The number of aliphatic hydroxyl groups excluding tert-OH is 1. The van der Waals surface area contributed by atoms with Gasteiger partial charge in [0.15, 0.2) is 0 Å². The first-order valence-corrected chi connectivity index (χ1v) is 5.24. The van der Waals surface area contributed by atoms with Gasteiger partial charge in [-0.3, -0.25) is 4.79 Å². The van der Waals surface area contributed by atoms with Crippen LogP contribution < -0.4 is 10.6 Å². The van der Waals surface area contributed by atoms with Gasteiger partial charge in [-0.15, -0.1) is 0 Å². The summed E-state index contributed by atoms with van der Waals surface area (Å²) in [5, 5.41) is 14.8. The second kappa shape index (κ2) is 7.76. The maximum atomic E-state index is 11.2. The summed E-state index contributed by atoms with van der Waals surface area (Å²) < 4.78 is 0. The highest BCUT2D eigenvalue weighted by Crippen LogP contribution is 1.89. The molecule has 1 amide bonds. The van der Waals surface area contributed by atoms with Crippen molar-refractivity contribution in [2.24, 2.45) is 0 Å². The van der Waals surface area contributed by atoms with Crippen LogP contribution in [0.5, 0.6) is 0 Å². The van der Waals surface area contributed by atoms with Crippen molar-refractivity contribution in [3.8, 4) is 0 Å². The number of aliphatic hydroxyl groups is 1. The molecule has 4 heteroatoms. The highest BCUT2D eigenvalue weighted by molar-refractivity contribution is 5.76. The fourth-order valence-electron chi connectivity index (χ4n) is 0.962. The lowest BCUT2D eigenvalue weighted by atomic mass is 10.2. The van der Waals surface area contributed by atoms with Crippen molar-refractivity contribution in [1.82, 2.24) is 10.6 Å². The maximum absolute atomic E-state index is 11.2. The molecular formula is C10H22N2O2. The number of hydrogen-bond donors (Lipinski definition) is 3. The normalized spacial score (nSPS) is 14.9. The summed E-state index contributed by atoms with van der Waals surface area (Å²) in [7, 11) is 0. The van der Waals surface area contributed by atoms with Gasteiger partial charge < -0.3 is 15.7 Å². The summed E-state index contributed by atoms with van der Waals surface area (Å²) in [4.78, 5) is 11.2. The Bertz CT molecular complexity index is 160. The van der Waals surface area contributed by atoms with Crippen molar-refractivity contribution in [3.05, 3.63) is 0 Å². The molecule has 0 aromatic carbocycles. The van der Waals surface area contributed by atoms with Crippen LogP contribution in [-0.2, 0) is 4.79 Å². The van der Waals surface area contributed by atoms with Gasteiger partial charge in [-0.1, -0.05) is 6.92 Å². The van der Waals surface area contributed by atoms with E-state index in [9.17, 15) is 4.79 Å². The number of hydrogen-bond acceptors (Lipinski definition) is 3. The molecule has 0 aromatic heterocycles. The Labute approximate surface area is 86.1 Å². The molecular weight excluding hydrogens is 180 g/mol. The molecule has 2 atom stereocenters. The third kappa shape index (κ3) is 8.01. The van der Waals surface area contributed by atoms with E-state index in [-0.39, 0.29) is 18.1 Å². The summed E-state index contributed by atoms with van der Waals surface area (Å²) in [6.45, 7) is 6.90. The van der Waals surface area contributed by atoms with Crippen molar-refractivity contribution in [3.63, 3.8) is 0 Å².